The van der Waals surface area contributed by atoms with E-state index in [0.29, 0.717) is 11.5 Å². The summed E-state index contributed by atoms with van der Waals surface area (Å²) in [6.45, 7) is 7.31. The molecule has 0 saturated heterocycles. The quantitative estimate of drug-likeness (QED) is 0.669. The number of rotatable bonds is 2. The van der Waals surface area contributed by atoms with Crippen LogP contribution >= 0.6 is 0 Å². The molecule has 0 atom stereocenters. The molecule has 0 aliphatic heterocycles. The van der Waals surface area contributed by atoms with Gasteiger partial charge in [-0.05, 0) is 17.5 Å². The fraction of sp³-hybridized carbons (Fsp3) is 0.500. The number of anilines is 3. The van der Waals surface area contributed by atoms with Crippen LogP contribution in [0.3, 0.4) is 0 Å². The van der Waals surface area contributed by atoms with Crippen molar-refractivity contribution >= 4 is 17.3 Å². The van der Waals surface area contributed by atoms with Gasteiger partial charge < -0.3 is 16.8 Å². The van der Waals surface area contributed by atoms with E-state index in [1.807, 2.05) is 6.07 Å². The van der Waals surface area contributed by atoms with E-state index < -0.39 is 0 Å². The van der Waals surface area contributed by atoms with E-state index in [0.717, 1.165) is 12.4 Å². The summed E-state index contributed by atoms with van der Waals surface area (Å²) in [6.07, 6.45) is 0. The zero-order valence-corrected chi connectivity index (χ0v) is 8.96. The summed E-state index contributed by atoms with van der Waals surface area (Å²) in [5, 5.41) is 3.21. The first kappa shape index (κ1) is 10.6. The summed E-state index contributed by atoms with van der Waals surface area (Å²) in [7, 11) is 0. The van der Waals surface area contributed by atoms with Crippen molar-refractivity contribution in [2.75, 3.05) is 23.3 Å². The van der Waals surface area contributed by atoms with Gasteiger partial charge in [0.25, 0.3) is 0 Å². The van der Waals surface area contributed by atoms with Crippen LogP contribution in [0.25, 0.3) is 0 Å². The van der Waals surface area contributed by atoms with Crippen LogP contribution < -0.4 is 16.8 Å². The molecule has 14 heavy (non-hydrogen) atoms. The minimum absolute atomic E-state index is 0.220. The van der Waals surface area contributed by atoms with Crippen molar-refractivity contribution < 1.29 is 0 Å². The summed E-state index contributed by atoms with van der Waals surface area (Å²) in [5.74, 6) is 1.15. The van der Waals surface area contributed by atoms with Crippen molar-refractivity contribution in [1.29, 1.82) is 0 Å². The monoisotopic (exact) mass is 194 g/mol. The number of aromatic nitrogens is 1. The molecule has 4 heteroatoms. The lowest BCUT2D eigenvalue weighted by atomic mass is 9.97. The highest BCUT2D eigenvalue weighted by atomic mass is 15.0. The molecule has 0 radical (unpaired) electrons. The first-order valence-electron chi connectivity index (χ1n) is 4.64. The number of nitrogen functional groups attached to an aromatic ring is 2. The highest BCUT2D eigenvalue weighted by molar-refractivity contribution is 5.61. The van der Waals surface area contributed by atoms with Crippen molar-refractivity contribution in [1.82, 2.24) is 4.98 Å². The topological polar surface area (TPSA) is 77.0 Å². The minimum Gasteiger partial charge on any atom is -0.396 e. The summed E-state index contributed by atoms with van der Waals surface area (Å²) in [6, 6.07) is 3.59. The van der Waals surface area contributed by atoms with Gasteiger partial charge in [-0.3, -0.25) is 0 Å². The molecule has 0 amide bonds. The standard InChI is InChI=1S/C10H18N4/c1-10(2,3)6-13-8-5-4-7(11)9(12)14-8/h4-5H,6,11H2,1-3H3,(H3,12,13,14). The lowest BCUT2D eigenvalue weighted by Crippen LogP contribution is -2.19. The Labute approximate surface area is 84.7 Å². The van der Waals surface area contributed by atoms with Gasteiger partial charge in [-0.25, -0.2) is 4.98 Å². The smallest absolute Gasteiger partial charge is 0.149 e. The van der Waals surface area contributed by atoms with Gasteiger partial charge in [-0.15, -0.1) is 0 Å². The molecule has 0 fully saturated rings. The first-order valence-corrected chi connectivity index (χ1v) is 4.64. The van der Waals surface area contributed by atoms with E-state index in [-0.39, 0.29) is 5.41 Å². The highest BCUT2D eigenvalue weighted by Crippen LogP contribution is 2.17. The average Bonchev–Trinajstić information content (AvgIpc) is 2.06. The van der Waals surface area contributed by atoms with Crippen molar-refractivity contribution in [2.24, 2.45) is 5.41 Å². The molecule has 0 bridgehead atoms. The molecule has 1 aromatic rings. The Morgan fingerprint density at radius 1 is 1.29 bits per heavy atom. The Morgan fingerprint density at radius 3 is 2.43 bits per heavy atom. The maximum atomic E-state index is 5.58. The zero-order valence-electron chi connectivity index (χ0n) is 8.96. The number of nitrogens with zero attached hydrogens (tertiary/aromatic N) is 1. The first-order chi connectivity index (χ1) is 6.38. The van der Waals surface area contributed by atoms with Crippen LogP contribution in [0.2, 0.25) is 0 Å². The fourth-order valence-corrected chi connectivity index (χ4v) is 0.940. The number of pyridine rings is 1. The second kappa shape index (κ2) is 3.74. The van der Waals surface area contributed by atoms with Crippen LogP contribution in [-0.4, -0.2) is 11.5 Å². The van der Waals surface area contributed by atoms with Gasteiger partial charge in [-0.1, -0.05) is 20.8 Å². The molecule has 0 unspecified atom stereocenters. The molecule has 78 valence electrons. The highest BCUT2D eigenvalue weighted by Gasteiger charge is 2.09. The van der Waals surface area contributed by atoms with Gasteiger partial charge in [0.15, 0.2) is 0 Å². The molecule has 0 spiro atoms. The normalized spacial score (nSPS) is 11.4. The van der Waals surface area contributed by atoms with Gasteiger partial charge in [0.1, 0.15) is 11.6 Å². The summed E-state index contributed by atoms with van der Waals surface area (Å²) in [5.41, 5.74) is 11.9. The molecule has 5 N–H and O–H groups in total. The molecule has 0 aliphatic rings. The predicted octanol–water partition coefficient (Wildman–Crippen LogP) is 1.70. The van der Waals surface area contributed by atoms with Gasteiger partial charge >= 0.3 is 0 Å². The largest absolute Gasteiger partial charge is 0.396 e. The molecule has 0 aliphatic carbocycles. The lowest BCUT2D eigenvalue weighted by molar-refractivity contribution is 0.442. The third-order valence-corrected chi connectivity index (χ3v) is 1.76. The molecular weight excluding hydrogens is 176 g/mol. The van der Waals surface area contributed by atoms with Crippen LogP contribution in [0.1, 0.15) is 20.8 Å². The molecule has 0 aromatic carbocycles. The van der Waals surface area contributed by atoms with E-state index in [1.54, 1.807) is 6.07 Å². The summed E-state index contributed by atoms with van der Waals surface area (Å²) < 4.78 is 0. The van der Waals surface area contributed by atoms with Crippen molar-refractivity contribution in [3.63, 3.8) is 0 Å². The number of nitrogens with one attached hydrogen (secondary N) is 1. The molecule has 1 aromatic heterocycles. The van der Waals surface area contributed by atoms with Crippen molar-refractivity contribution in [3.8, 4) is 0 Å². The third-order valence-electron chi connectivity index (χ3n) is 1.76. The van der Waals surface area contributed by atoms with Gasteiger partial charge in [-0.2, -0.15) is 0 Å². The lowest BCUT2D eigenvalue weighted by Gasteiger charge is -2.19. The van der Waals surface area contributed by atoms with Gasteiger partial charge in [0.05, 0.1) is 5.69 Å². The van der Waals surface area contributed by atoms with E-state index in [1.165, 1.54) is 0 Å². The fourth-order valence-electron chi connectivity index (χ4n) is 0.940. The Hall–Kier alpha value is -1.45. The van der Waals surface area contributed by atoms with E-state index in [9.17, 15) is 0 Å². The van der Waals surface area contributed by atoms with Gasteiger partial charge in [0.2, 0.25) is 0 Å². The third kappa shape index (κ3) is 3.12. The molecule has 4 nitrogen and oxygen atoms in total. The molecule has 1 heterocycles. The summed E-state index contributed by atoms with van der Waals surface area (Å²) in [4.78, 5) is 4.12. The molecule has 0 saturated carbocycles. The molecular formula is C10H18N4. The predicted molar refractivity (Wildman–Crippen MR) is 61.0 cm³/mol. The van der Waals surface area contributed by atoms with Crippen molar-refractivity contribution in [2.45, 2.75) is 20.8 Å². The maximum absolute atomic E-state index is 5.58. The van der Waals surface area contributed by atoms with Crippen LogP contribution in [0.4, 0.5) is 17.3 Å². The van der Waals surface area contributed by atoms with E-state index in [4.69, 9.17) is 11.5 Å². The summed E-state index contributed by atoms with van der Waals surface area (Å²) >= 11 is 0. The van der Waals surface area contributed by atoms with Gasteiger partial charge in [0, 0.05) is 6.54 Å². The van der Waals surface area contributed by atoms with E-state index in [2.05, 4.69) is 31.1 Å². The van der Waals surface area contributed by atoms with E-state index >= 15 is 0 Å². The zero-order chi connectivity index (χ0) is 10.8. The molecule has 1 rings (SSSR count). The SMILES string of the molecule is CC(C)(C)CNc1ccc(N)c(N)n1. The second-order valence-corrected chi connectivity index (χ2v) is 4.59. The maximum Gasteiger partial charge on any atom is 0.149 e. The Bertz CT molecular complexity index is 314. The van der Waals surface area contributed by atoms with Crippen LogP contribution in [0.15, 0.2) is 12.1 Å². The number of nitrogens with two attached hydrogens (primary N) is 2. The number of hydrogen-bond acceptors (Lipinski definition) is 4. The second-order valence-electron chi connectivity index (χ2n) is 4.59. The average molecular weight is 194 g/mol. The Kier molecular flexibility index (Phi) is 2.84. The Morgan fingerprint density at radius 2 is 1.93 bits per heavy atom. The van der Waals surface area contributed by atoms with Crippen molar-refractivity contribution in [3.05, 3.63) is 12.1 Å². The minimum atomic E-state index is 0.220. The van der Waals surface area contributed by atoms with Crippen LogP contribution in [0, 0.1) is 5.41 Å². The van der Waals surface area contributed by atoms with Crippen LogP contribution in [0.5, 0.6) is 0 Å². The van der Waals surface area contributed by atoms with Crippen LogP contribution in [-0.2, 0) is 0 Å². The number of hydrogen-bond donors (Lipinski definition) is 3. The Balaban J connectivity index is 2.65.